The number of anilines is 1. The Morgan fingerprint density at radius 3 is 2.47 bits per heavy atom. The Bertz CT molecular complexity index is 576. The summed E-state index contributed by atoms with van der Waals surface area (Å²) < 4.78 is 0. The first-order chi connectivity index (χ1) is 9.06. The summed E-state index contributed by atoms with van der Waals surface area (Å²) in [4.78, 5) is 10.8. The summed E-state index contributed by atoms with van der Waals surface area (Å²) in [5.41, 5.74) is 9.17. The molecule has 0 aliphatic rings. The van der Waals surface area contributed by atoms with Crippen LogP contribution >= 0.6 is 0 Å². The molecular weight excluding hydrogens is 238 g/mol. The molecule has 0 aromatic heterocycles. The quantitative estimate of drug-likeness (QED) is 0.824. The van der Waals surface area contributed by atoms with Gasteiger partial charge >= 0.3 is 5.97 Å². The van der Waals surface area contributed by atoms with E-state index in [2.05, 4.69) is 13.0 Å². The van der Waals surface area contributed by atoms with Crippen LogP contribution in [0.5, 0.6) is 0 Å². The predicted molar refractivity (Wildman–Crippen MR) is 76.4 cm³/mol. The topological polar surface area (TPSA) is 63.3 Å². The van der Waals surface area contributed by atoms with Gasteiger partial charge in [0.15, 0.2) is 0 Å². The van der Waals surface area contributed by atoms with Crippen molar-refractivity contribution in [3.8, 4) is 0 Å². The number of nitrogen functional groups attached to an aromatic ring is 1. The van der Waals surface area contributed by atoms with E-state index in [0.29, 0.717) is 11.5 Å². The maximum Gasteiger partial charge on any atom is 0.335 e. The largest absolute Gasteiger partial charge is 0.478 e. The van der Waals surface area contributed by atoms with Gasteiger partial charge < -0.3 is 10.8 Å². The molecule has 1 unspecified atom stereocenters. The first-order valence-electron chi connectivity index (χ1n) is 6.24. The molecule has 0 aliphatic carbocycles. The molecule has 98 valence electrons. The van der Waals surface area contributed by atoms with Crippen molar-refractivity contribution in [3.05, 3.63) is 65.2 Å². The zero-order valence-corrected chi connectivity index (χ0v) is 10.8. The number of benzene rings is 2. The van der Waals surface area contributed by atoms with Crippen LogP contribution in [0.25, 0.3) is 0 Å². The van der Waals surface area contributed by atoms with Crippen molar-refractivity contribution in [1.82, 2.24) is 0 Å². The van der Waals surface area contributed by atoms with Crippen LogP contribution in [0.4, 0.5) is 5.69 Å². The predicted octanol–water partition coefficient (Wildman–Crippen LogP) is 3.31. The fourth-order valence-electron chi connectivity index (χ4n) is 2.15. The van der Waals surface area contributed by atoms with Gasteiger partial charge in [0.05, 0.1) is 5.56 Å². The van der Waals surface area contributed by atoms with E-state index in [1.54, 1.807) is 12.1 Å². The highest BCUT2D eigenvalue weighted by molar-refractivity contribution is 5.87. The number of carbonyl (C=O) groups is 1. The van der Waals surface area contributed by atoms with Crippen molar-refractivity contribution in [2.24, 2.45) is 0 Å². The average molecular weight is 255 g/mol. The minimum atomic E-state index is -0.893. The molecular formula is C16H17NO2. The van der Waals surface area contributed by atoms with Crippen molar-refractivity contribution in [2.45, 2.75) is 19.3 Å². The number of carboxylic acid groups (broad SMARTS) is 1. The van der Waals surface area contributed by atoms with Crippen LogP contribution in [0.3, 0.4) is 0 Å². The summed E-state index contributed by atoms with van der Waals surface area (Å²) in [7, 11) is 0. The Labute approximate surface area is 112 Å². The highest BCUT2D eigenvalue weighted by Gasteiger charge is 2.08. The second-order valence-corrected chi connectivity index (χ2v) is 4.78. The van der Waals surface area contributed by atoms with E-state index in [-0.39, 0.29) is 0 Å². The standard InChI is InChI=1S/C16H17NO2/c1-11(9-12-3-2-4-15(17)10-12)13-5-7-14(8-6-13)16(18)19/h2-8,10-11H,9,17H2,1H3,(H,18,19). The Balaban J connectivity index is 2.11. The fraction of sp³-hybridized carbons (Fsp3) is 0.188. The molecule has 1 atom stereocenters. The second-order valence-electron chi connectivity index (χ2n) is 4.78. The molecule has 0 amide bonds. The maximum absolute atomic E-state index is 10.8. The molecule has 0 heterocycles. The van der Waals surface area contributed by atoms with Gasteiger partial charge in [-0.25, -0.2) is 4.79 Å². The molecule has 0 saturated heterocycles. The Morgan fingerprint density at radius 2 is 1.89 bits per heavy atom. The van der Waals surface area contributed by atoms with E-state index in [4.69, 9.17) is 10.8 Å². The Morgan fingerprint density at radius 1 is 1.21 bits per heavy atom. The third kappa shape index (κ3) is 3.35. The summed E-state index contributed by atoms with van der Waals surface area (Å²) in [6.07, 6.45) is 0.886. The number of hydrogen-bond acceptors (Lipinski definition) is 2. The zero-order valence-electron chi connectivity index (χ0n) is 10.8. The van der Waals surface area contributed by atoms with E-state index in [0.717, 1.165) is 17.7 Å². The lowest BCUT2D eigenvalue weighted by molar-refractivity contribution is 0.0697. The maximum atomic E-state index is 10.8. The molecule has 0 radical (unpaired) electrons. The van der Waals surface area contributed by atoms with E-state index >= 15 is 0 Å². The van der Waals surface area contributed by atoms with Gasteiger partial charge in [-0.05, 0) is 47.7 Å². The number of carboxylic acids is 1. The third-order valence-corrected chi connectivity index (χ3v) is 3.22. The summed E-state index contributed by atoms with van der Waals surface area (Å²) in [6, 6.07) is 14.9. The lowest BCUT2D eigenvalue weighted by Crippen LogP contribution is -2.01. The molecule has 0 fully saturated rings. The summed E-state index contributed by atoms with van der Waals surface area (Å²) >= 11 is 0. The highest BCUT2D eigenvalue weighted by atomic mass is 16.4. The van der Waals surface area contributed by atoms with Gasteiger partial charge in [-0.3, -0.25) is 0 Å². The molecule has 19 heavy (non-hydrogen) atoms. The smallest absolute Gasteiger partial charge is 0.335 e. The van der Waals surface area contributed by atoms with Crippen LogP contribution in [0, 0.1) is 0 Å². The van der Waals surface area contributed by atoms with Gasteiger partial charge in [-0.2, -0.15) is 0 Å². The van der Waals surface area contributed by atoms with Gasteiger partial charge in [0, 0.05) is 5.69 Å². The van der Waals surface area contributed by atoms with E-state index in [1.807, 2.05) is 30.3 Å². The van der Waals surface area contributed by atoms with Crippen molar-refractivity contribution >= 4 is 11.7 Å². The number of nitrogens with two attached hydrogens (primary N) is 1. The molecule has 3 heteroatoms. The van der Waals surface area contributed by atoms with E-state index in [1.165, 1.54) is 5.56 Å². The molecule has 0 spiro atoms. The SMILES string of the molecule is CC(Cc1cccc(N)c1)c1ccc(C(=O)O)cc1. The average Bonchev–Trinajstić information content (AvgIpc) is 2.39. The van der Waals surface area contributed by atoms with E-state index in [9.17, 15) is 4.79 Å². The molecule has 0 aliphatic heterocycles. The minimum absolute atomic E-state index is 0.319. The Kier molecular flexibility index (Phi) is 3.85. The molecule has 2 aromatic carbocycles. The second kappa shape index (κ2) is 5.57. The summed E-state index contributed by atoms with van der Waals surface area (Å²) in [5.74, 6) is -0.570. The van der Waals surface area contributed by atoms with Gasteiger partial charge in [-0.1, -0.05) is 31.2 Å². The molecule has 2 aromatic rings. The molecule has 3 nitrogen and oxygen atoms in total. The first-order valence-corrected chi connectivity index (χ1v) is 6.24. The fourth-order valence-corrected chi connectivity index (χ4v) is 2.15. The molecule has 3 N–H and O–H groups in total. The lowest BCUT2D eigenvalue weighted by Gasteiger charge is -2.12. The zero-order chi connectivity index (χ0) is 13.8. The van der Waals surface area contributed by atoms with Crippen LogP contribution < -0.4 is 5.73 Å². The van der Waals surface area contributed by atoms with Crippen molar-refractivity contribution in [2.75, 3.05) is 5.73 Å². The van der Waals surface area contributed by atoms with Crippen LogP contribution in [-0.4, -0.2) is 11.1 Å². The van der Waals surface area contributed by atoms with Crippen molar-refractivity contribution in [3.63, 3.8) is 0 Å². The summed E-state index contributed by atoms with van der Waals surface area (Å²) in [5, 5.41) is 8.87. The Hall–Kier alpha value is -2.29. The van der Waals surface area contributed by atoms with E-state index < -0.39 is 5.97 Å². The summed E-state index contributed by atoms with van der Waals surface area (Å²) in [6.45, 7) is 2.12. The highest BCUT2D eigenvalue weighted by Crippen LogP contribution is 2.21. The van der Waals surface area contributed by atoms with Gasteiger partial charge in [0.1, 0.15) is 0 Å². The normalized spacial score (nSPS) is 12.1. The molecule has 2 rings (SSSR count). The van der Waals surface area contributed by atoms with Crippen molar-refractivity contribution < 1.29 is 9.90 Å². The van der Waals surface area contributed by atoms with Crippen LogP contribution in [0.2, 0.25) is 0 Å². The van der Waals surface area contributed by atoms with Gasteiger partial charge in [0.2, 0.25) is 0 Å². The van der Waals surface area contributed by atoms with Crippen LogP contribution in [0.15, 0.2) is 48.5 Å². The number of hydrogen-bond donors (Lipinski definition) is 2. The van der Waals surface area contributed by atoms with Gasteiger partial charge in [0.25, 0.3) is 0 Å². The van der Waals surface area contributed by atoms with Gasteiger partial charge in [-0.15, -0.1) is 0 Å². The van der Waals surface area contributed by atoms with Crippen molar-refractivity contribution in [1.29, 1.82) is 0 Å². The molecule has 0 saturated carbocycles. The number of rotatable bonds is 4. The number of aromatic carboxylic acids is 1. The minimum Gasteiger partial charge on any atom is -0.478 e. The third-order valence-electron chi connectivity index (χ3n) is 3.22. The van der Waals surface area contributed by atoms with Crippen LogP contribution in [0.1, 0.15) is 34.3 Å². The lowest BCUT2D eigenvalue weighted by atomic mass is 9.93. The first kappa shape index (κ1) is 13.1. The monoisotopic (exact) mass is 255 g/mol. The molecule has 0 bridgehead atoms. The van der Waals surface area contributed by atoms with Crippen LogP contribution in [-0.2, 0) is 6.42 Å².